The Morgan fingerprint density at radius 1 is 1.78 bits per heavy atom. The van der Waals surface area contributed by atoms with E-state index in [0.717, 1.165) is 0 Å². The summed E-state index contributed by atoms with van der Waals surface area (Å²) in [6, 6.07) is 0. The first kappa shape index (κ1) is 4.28. The zero-order chi connectivity index (χ0) is 9.61. The molecule has 0 atom stereocenters. The minimum Gasteiger partial charge on any atom is -0.469 e. The molecular formula is C6H12O3. The van der Waals surface area contributed by atoms with E-state index in [1.54, 1.807) is 0 Å². The van der Waals surface area contributed by atoms with E-state index in [0.29, 0.717) is 13.0 Å². The molecule has 3 heteroatoms. The molecule has 0 rings (SSSR count). The molecule has 0 fully saturated rings. The summed E-state index contributed by atoms with van der Waals surface area (Å²) in [6.45, 7) is 0.427. The summed E-state index contributed by atoms with van der Waals surface area (Å²) in [5.41, 5.74) is 0. The molecule has 9 heavy (non-hydrogen) atoms. The second-order valence-electron chi connectivity index (χ2n) is 1.57. The van der Waals surface area contributed by atoms with Crippen LogP contribution in [-0.2, 0) is 14.3 Å². The van der Waals surface area contributed by atoms with Gasteiger partial charge in [0.15, 0.2) is 0 Å². The highest BCUT2D eigenvalue weighted by atomic mass is 16.5. The van der Waals surface area contributed by atoms with E-state index in [2.05, 4.69) is 9.47 Å². The average Bonchev–Trinajstić information content (AvgIpc) is 1.84. The predicted molar refractivity (Wildman–Crippen MR) is 33.1 cm³/mol. The Kier molecular flexibility index (Phi) is 2.65. The Morgan fingerprint density at radius 3 is 3.11 bits per heavy atom. The highest BCUT2D eigenvalue weighted by Gasteiger charge is 1.96. The molecule has 0 radical (unpaired) electrons. The van der Waals surface area contributed by atoms with Gasteiger partial charge in [-0.15, -0.1) is 0 Å². The van der Waals surface area contributed by atoms with E-state index in [-0.39, 0.29) is 6.42 Å². The molecule has 0 aliphatic carbocycles. The minimum atomic E-state index is -2.62. The fraction of sp³-hybridized carbons (Fsp3) is 0.833. The highest BCUT2D eigenvalue weighted by molar-refractivity contribution is 5.68. The molecule has 0 heterocycles. The maximum absolute atomic E-state index is 10.7. The van der Waals surface area contributed by atoms with E-state index in [4.69, 9.17) is 4.11 Å². The minimum absolute atomic E-state index is 0.0756. The smallest absolute Gasteiger partial charge is 0.305 e. The van der Waals surface area contributed by atoms with E-state index < -0.39 is 13.0 Å². The van der Waals surface area contributed by atoms with Crippen LogP contribution in [0.2, 0.25) is 0 Å². The summed E-state index contributed by atoms with van der Waals surface area (Å²) < 4.78 is 28.6. The lowest BCUT2D eigenvalue weighted by molar-refractivity contribution is -0.140. The Morgan fingerprint density at radius 2 is 2.56 bits per heavy atom. The Bertz CT molecular complexity index is 143. The first-order valence-electron chi connectivity index (χ1n) is 4.16. The zero-order valence-corrected chi connectivity index (χ0v) is 5.35. The summed E-state index contributed by atoms with van der Waals surface area (Å²) in [4.78, 5) is 10.7. The van der Waals surface area contributed by atoms with Gasteiger partial charge >= 0.3 is 5.97 Å². The van der Waals surface area contributed by atoms with Crippen LogP contribution in [0.4, 0.5) is 0 Å². The molecule has 0 aromatic rings. The lowest BCUT2D eigenvalue weighted by Gasteiger charge is -1.96. The van der Waals surface area contributed by atoms with Crippen molar-refractivity contribution in [2.45, 2.75) is 12.8 Å². The van der Waals surface area contributed by atoms with Crippen LogP contribution in [0.5, 0.6) is 0 Å². The molecule has 0 saturated heterocycles. The van der Waals surface area contributed by atoms with E-state index in [1.165, 1.54) is 7.11 Å². The van der Waals surface area contributed by atoms with Crippen molar-refractivity contribution in [1.29, 1.82) is 0 Å². The third kappa shape index (κ3) is 5.30. The van der Waals surface area contributed by atoms with Crippen molar-refractivity contribution < 1.29 is 18.4 Å². The van der Waals surface area contributed by atoms with Gasteiger partial charge < -0.3 is 9.47 Å². The molecule has 0 N–H and O–H groups in total. The number of hydrogen-bond acceptors (Lipinski definition) is 3. The highest BCUT2D eigenvalue weighted by Crippen LogP contribution is 1.90. The third-order valence-electron chi connectivity index (χ3n) is 0.843. The van der Waals surface area contributed by atoms with Gasteiger partial charge in [0.2, 0.25) is 0 Å². The normalized spacial score (nSPS) is 15.4. The van der Waals surface area contributed by atoms with Gasteiger partial charge in [-0.3, -0.25) is 4.79 Å². The largest absolute Gasteiger partial charge is 0.469 e. The van der Waals surface area contributed by atoms with E-state index >= 15 is 0 Å². The maximum atomic E-state index is 10.7. The van der Waals surface area contributed by atoms with Crippen LogP contribution < -0.4 is 0 Å². The SMILES string of the molecule is [2H]C([2H])([2H])OC(=O)CCCOC. The molecule has 0 unspecified atom stereocenters. The average molecular weight is 135 g/mol. The van der Waals surface area contributed by atoms with Gasteiger partial charge in [0.25, 0.3) is 0 Å². The van der Waals surface area contributed by atoms with E-state index in [9.17, 15) is 4.79 Å². The molecule has 3 nitrogen and oxygen atoms in total. The number of hydrogen-bond donors (Lipinski definition) is 0. The Balaban J connectivity index is 3.47. The fourth-order valence-corrected chi connectivity index (χ4v) is 0.412. The maximum Gasteiger partial charge on any atom is 0.305 e. The number of ether oxygens (including phenoxy) is 2. The molecular weight excluding hydrogens is 120 g/mol. The quantitative estimate of drug-likeness (QED) is 0.418. The van der Waals surface area contributed by atoms with Gasteiger partial charge in [-0.05, 0) is 6.42 Å². The molecule has 0 aliphatic rings. The van der Waals surface area contributed by atoms with Crippen LogP contribution >= 0.6 is 0 Å². The molecule has 54 valence electrons. The summed E-state index contributed by atoms with van der Waals surface area (Å²) in [5, 5.41) is 0. The van der Waals surface area contributed by atoms with Gasteiger partial charge in [0.1, 0.15) is 0 Å². The van der Waals surface area contributed by atoms with Gasteiger partial charge in [-0.1, -0.05) is 0 Å². The number of carbonyl (C=O) groups excluding carboxylic acids is 1. The van der Waals surface area contributed by atoms with Crippen molar-refractivity contribution in [2.75, 3.05) is 20.8 Å². The molecule has 0 aromatic heterocycles. The van der Waals surface area contributed by atoms with Crippen LogP contribution in [0, 0.1) is 0 Å². The lowest BCUT2D eigenvalue weighted by atomic mass is 10.3. The number of rotatable bonds is 4. The fourth-order valence-electron chi connectivity index (χ4n) is 0.412. The molecule has 0 amide bonds. The first-order chi connectivity index (χ1) is 5.45. The van der Waals surface area contributed by atoms with Gasteiger partial charge in [0, 0.05) is 20.1 Å². The molecule has 0 saturated carbocycles. The summed E-state index contributed by atoms with van der Waals surface area (Å²) in [5.74, 6) is -0.716. The zero-order valence-electron chi connectivity index (χ0n) is 8.35. The van der Waals surface area contributed by atoms with Crippen molar-refractivity contribution in [2.24, 2.45) is 0 Å². The van der Waals surface area contributed by atoms with Crippen LogP contribution in [0.3, 0.4) is 0 Å². The molecule has 0 aliphatic heterocycles. The predicted octanol–water partition coefficient (Wildman–Crippen LogP) is 0.586. The monoisotopic (exact) mass is 135 g/mol. The second kappa shape index (κ2) is 5.56. The van der Waals surface area contributed by atoms with Crippen molar-refractivity contribution in [3.8, 4) is 0 Å². The van der Waals surface area contributed by atoms with Crippen LogP contribution in [0.1, 0.15) is 17.0 Å². The summed E-state index contributed by atoms with van der Waals surface area (Å²) in [7, 11) is -1.11. The summed E-state index contributed by atoms with van der Waals surface area (Å²) in [6.07, 6.45) is 0.553. The van der Waals surface area contributed by atoms with Crippen molar-refractivity contribution in [1.82, 2.24) is 0 Å². The standard InChI is InChI=1S/C6H12O3/c1-8-5-3-4-6(7)9-2/h3-5H2,1-2H3/i2D3. The third-order valence-corrected chi connectivity index (χ3v) is 0.843. The van der Waals surface area contributed by atoms with Crippen LogP contribution in [0.25, 0.3) is 0 Å². The lowest BCUT2D eigenvalue weighted by Crippen LogP contribution is -2.01. The molecule has 0 bridgehead atoms. The Hall–Kier alpha value is -0.570. The van der Waals surface area contributed by atoms with Crippen LogP contribution in [-0.4, -0.2) is 26.7 Å². The summed E-state index contributed by atoms with van der Waals surface area (Å²) >= 11 is 0. The molecule has 0 aromatic carbocycles. The van der Waals surface area contributed by atoms with Gasteiger partial charge in [0.05, 0.1) is 11.2 Å². The number of carbonyl (C=O) groups is 1. The Labute approximate surface area is 59.2 Å². The second-order valence-corrected chi connectivity index (χ2v) is 1.57. The van der Waals surface area contributed by atoms with Crippen molar-refractivity contribution in [3.05, 3.63) is 0 Å². The first-order valence-corrected chi connectivity index (χ1v) is 2.66. The van der Waals surface area contributed by atoms with E-state index in [1.807, 2.05) is 0 Å². The topological polar surface area (TPSA) is 35.5 Å². The number of esters is 1. The van der Waals surface area contributed by atoms with Gasteiger partial charge in [-0.2, -0.15) is 0 Å². The van der Waals surface area contributed by atoms with Crippen LogP contribution in [0.15, 0.2) is 0 Å². The van der Waals surface area contributed by atoms with Crippen molar-refractivity contribution in [3.63, 3.8) is 0 Å². The van der Waals surface area contributed by atoms with Gasteiger partial charge in [-0.25, -0.2) is 0 Å². The number of methoxy groups -OCH3 is 2. The van der Waals surface area contributed by atoms with Crippen molar-refractivity contribution >= 4 is 5.97 Å². The molecule has 0 spiro atoms.